The van der Waals surface area contributed by atoms with Gasteiger partial charge in [-0.2, -0.15) is 0 Å². The molecule has 23 rings (SSSR count). The summed E-state index contributed by atoms with van der Waals surface area (Å²) in [6.45, 7) is 31.9. The van der Waals surface area contributed by atoms with Crippen molar-refractivity contribution in [2.45, 2.75) is 105 Å². The zero-order valence-electron chi connectivity index (χ0n) is 68.7. The molecule has 0 saturated heterocycles. The number of hydrogen-bond donors (Lipinski definition) is 0. The van der Waals surface area contributed by atoms with Crippen LogP contribution < -0.4 is 107 Å². The molecule has 0 aromatic heterocycles. The van der Waals surface area contributed by atoms with Crippen molar-refractivity contribution in [3.05, 3.63) is 320 Å². The Morgan fingerprint density at radius 1 is 0.239 bits per heavy atom. The van der Waals surface area contributed by atoms with Gasteiger partial charge in [0, 0.05) is 0 Å². The van der Waals surface area contributed by atoms with E-state index in [1.165, 1.54) is 217 Å². The Balaban J connectivity index is 0.969. The van der Waals surface area contributed by atoms with E-state index in [9.17, 15) is 0 Å². The Morgan fingerprint density at radius 3 is 0.863 bits per heavy atom. The van der Waals surface area contributed by atoms with Crippen molar-refractivity contribution in [2.24, 2.45) is 0 Å². The Hall–Kier alpha value is -10.8. The molecule has 8 aliphatic rings. The van der Waals surface area contributed by atoms with Crippen molar-refractivity contribution in [2.75, 3.05) is 19.6 Å². The van der Waals surface area contributed by atoms with E-state index in [4.69, 9.17) is 0 Å². The zero-order chi connectivity index (χ0) is 79.4. The molecular formula is C106H89B3N4Se2Si2. The first-order valence-corrected chi connectivity index (χ1v) is 51.3. The molecule has 0 saturated carbocycles. The fraction of sp³-hybridized carbons (Fsp3) is 0.151. The van der Waals surface area contributed by atoms with Crippen LogP contribution in [-0.4, -0.2) is 66.2 Å². The van der Waals surface area contributed by atoms with Gasteiger partial charge in [0.05, 0.1) is 0 Å². The Morgan fingerprint density at radius 2 is 0.513 bits per heavy atom. The van der Waals surface area contributed by atoms with E-state index in [-0.39, 0.29) is 66.3 Å². The second kappa shape index (κ2) is 25.4. The van der Waals surface area contributed by atoms with Crippen LogP contribution in [0.5, 0.6) is 0 Å². The van der Waals surface area contributed by atoms with E-state index in [2.05, 4.69) is 411 Å². The van der Waals surface area contributed by atoms with Gasteiger partial charge < -0.3 is 0 Å². The van der Waals surface area contributed by atoms with Crippen molar-refractivity contribution >= 4 is 222 Å². The van der Waals surface area contributed by atoms with E-state index >= 15 is 0 Å². The molecule has 0 radical (unpaired) electrons. The predicted octanol–water partition coefficient (Wildman–Crippen LogP) is 15.1. The molecule has 15 aromatic rings. The molecule has 4 nitrogen and oxygen atoms in total. The van der Waals surface area contributed by atoms with Gasteiger partial charge >= 0.3 is 711 Å². The molecule has 0 aliphatic carbocycles. The van der Waals surface area contributed by atoms with E-state index < -0.39 is 16.1 Å². The fourth-order valence-corrected chi connectivity index (χ4v) is 33.2. The third kappa shape index (κ3) is 10.2. The minimum atomic E-state index is -2.33. The molecule has 0 bridgehead atoms. The number of rotatable bonds is 6. The molecular weight excluding hydrogens is 1580 g/mol. The summed E-state index contributed by atoms with van der Waals surface area (Å²) in [5, 5.41) is 5.98. The zero-order valence-corrected chi connectivity index (χ0v) is 74.1. The summed E-state index contributed by atoms with van der Waals surface area (Å²) in [4.78, 5) is 11.5. The van der Waals surface area contributed by atoms with Gasteiger partial charge in [0.1, 0.15) is 0 Å². The van der Waals surface area contributed by atoms with Gasteiger partial charge in [-0.3, -0.25) is 0 Å². The summed E-state index contributed by atoms with van der Waals surface area (Å²) in [6.07, 6.45) is 0. The van der Waals surface area contributed by atoms with Crippen LogP contribution >= 0.6 is 0 Å². The average Bonchev–Trinajstić information content (AvgIpc) is 0.660. The first-order chi connectivity index (χ1) is 56.5. The Bertz CT molecular complexity index is 6300. The molecule has 0 atom stereocenters. The molecule has 562 valence electrons. The SMILES string of the molecule is CC(C)(C)c1cc(-c2ccccc2)c(N2c3cc(C(C)(C)C)cc4c3B(c3c2cc2c5c3[Se]c3ccccc3B5c3cccc5c3N2c2ccccc2[Si]5(C)C)c2c(cc3c5c2[Se]c2ccccc2B5c2cccc5c2N3c2ccccc2[Si]5(C)C)N4c2c(-c3ccccc3)cc(C(C)(C)C)cc2-c2ccccc2)c(-c2ccccc2)c1. The summed E-state index contributed by atoms with van der Waals surface area (Å²) >= 11 is -0.404. The van der Waals surface area contributed by atoms with Gasteiger partial charge in [0.15, 0.2) is 0 Å². The molecule has 8 aliphatic heterocycles. The van der Waals surface area contributed by atoms with Crippen molar-refractivity contribution in [1.29, 1.82) is 0 Å². The number of hydrogen-bond acceptors (Lipinski definition) is 4. The summed E-state index contributed by atoms with van der Waals surface area (Å²) in [5.74, 6) is 0. The molecule has 15 aromatic carbocycles. The van der Waals surface area contributed by atoms with Gasteiger partial charge in [-0.15, -0.1) is 0 Å². The molecule has 8 heterocycles. The van der Waals surface area contributed by atoms with Crippen molar-refractivity contribution in [1.82, 2.24) is 0 Å². The van der Waals surface area contributed by atoms with Crippen LogP contribution in [0.15, 0.2) is 303 Å². The maximum atomic E-state index is 2.92. The Kier molecular flexibility index (Phi) is 15.5. The first-order valence-electron chi connectivity index (χ1n) is 41.9. The normalized spacial score (nSPS) is 15.3. The second-order valence-electron chi connectivity index (χ2n) is 37.8. The summed E-state index contributed by atoms with van der Waals surface area (Å²) in [6, 6.07) is 121. The molecule has 0 N–H and O–H groups in total. The van der Waals surface area contributed by atoms with Gasteiger partial charge in [-0.25, -0.2) is 0 Å². The summed E-state index contributed by atoms with van der Waals surface area (Å²) in [5.41, 5.74) is 41.0. The van der Waals surface area contributed by atoms with Crippen LogP contribution in [0.4, 0.5) is 68.2 Å². The third-order valence-electron chi connectivity index (χ3n) is 27.3. The van der Waals surface area contributed by atoms with Gasteiger partial charge in [-0.1, -0.05) is 0 Å². The maximum absolute atomic E-state index is 2.92. The summed E-state index contributed by atoms with van der Waals surface area (Å²) < 4.78 is 5.96. The molecule has 0 spiro atoms. The van der Waals surface area contributed by atoms with Crippen LogP contribution in [0.2, 0.25) is 26.2 Å². The minimum absolute atomic E-state index is 0.0282. The van der Waals surface area contributed by atoms with Gasteiger partial charge in [0.2, 0.25) is 0 Å². The third-order valence-corrected chi connectivity index (χ3v) is 39.6. The fourth-order valence-electron chi connectivity index (χ4n) is 21.6. The standard InChI is InChI=1S/C106H89B3N4Se2Si2/c1-104(2,3)68-56-71(64-36-18-14-19-37-64)98(72(57-68)65-38-20-15-21-39-65)112-81-60-70(106(7,8)9)61-82-93(81)109(96-85(112)62-83-94-102(96)114-87-50-30-26-44-75(87)107(94)77-46-34-54-91-100(77)110(83)79-48-28-32-52-89(79)116(91,10)11)97-86(113(82)99-73(66-40-22-16-23-41-66)58-69(105(4,5)6)59-74(99)67-42-24-17-25-43-67)63-84-95-103(97)115-88-51-31-27-45-76(88)108(95)78-47-35-55-92-101(78)111(84)80-49-29-33-53-90(80)117(92,12)13/h14-63H,1-13H3. The average molecular weight is 1670 g/mol. The topological polar surface area (TPSA) is 13.0 Å². The van der Waals surface area contributed by atoms with Crippen LogP contribution in [0.3, 0.4) is 0 Å². The van der Waals surface area contributed by atoms with Crippen molar-refractivity contribution in [3.8, 4) is 44.5 Å². The monoisotopic (exact) mass is 1670 g/mol. The number of para-hydroxylation sites is 4. The van der Waals surface area contributed by atoms with Crippen molar-refractivity contribution in [3.63, 3.8) is 0 Å². The predicted molar refractivity (Wildman–Crippen MR) is 513 cm³/mol. The van der Waals surface area contributed by atoms with Crippen LogP contribution in [0.1, 0.15) is 79.0 Å². The van der Waals surface area contributed by atoms with E-state index in [1.54, 1.807) is 0 Å². The Labute approximate surface area is 705 Å². The van der Waals surface area contributed by atoms with Gasteiger partial charge in [0.25, 0.3) is 0 Å². The summed E-state index contributed by atoms with van der Waals surface area (Å²) in [7, 11) is -4.65. The van der Waals surface area contributed by atoms with Crippen LogP contribution in [-0.2, 0) is 16.2 Å². The van der Waals surface area contributed by atoms with Gasteiger partial charge in [-0.05, 0) is 0 Å². The molecule has 0 amide bonds. The quantitative estimate of drug-likeness (QED) is 0.154. The second-order valence-corrected chi connectivity index (χ2v) is 50.9. The number of anilines is 12. The van der Waals surface area contributed by atoms with E-state index in [0.29, 0.717) is 0 Å². The number of fused-ring (bicyclic) bond motifs is 18. The molecule has 11 heteroatoms. The van der Waals surface area contributed by atoms with Crippen LogP contribution in [0.25, 0.3) is 44.5 Å². The molecule has 0 unspecified atom stereocenters. The number of benzene rings is 15. The number of nitrogens with zero attached hydrogens (tertiary/aromatic N) is 4. The van der Waals surface area contributed by atoms with E-state index in [0.717, 1.165) is 0 Å². The molecule has 117 heavy (non-hydrogen) atoms. The van der Waals surface area contributed by atoms with Crippen molar-refractivity contribution < 1.29 is 0 Å². The molecule has 0 fully saturated rings. The first kappa shape index (κ1) is 71.5. The van der Waals surface area contributed by atoms with E-state index in [1.807, 2.05) is 0 Å². The van der Waals surface area contributed by atoms with Crippen LogP contribution in [0, 0.1) is 0 Å².